The van der Waals surface area contributed by atoms with Gasteiger partial charge in [-0.2, -0.15) is 5.26 Å². The Morgan fingerprint density at radius 1 is 1.45 bits per heavy atom. The van der Waals surface area contributed by atoms with Gasteiger partial charge in [0.25, 0.3) is 0 Å². The number of fused-ring (bicyclic) bond motifs is 3. The van der Waals surface area contributed by atoms with Gasteiger partial charge >= 0.3 is 0 Å². The Morgan fingerprint density at radius 3 is 2.95 bits per heavy atom. The van der Waals surface area contributed by atoms with Crippen molar-refractivity contribution in [2.24, 2.45) is 0 Å². The van der Waals surface area contributed by atoms with Crippen molar-refractivity contribution < 1.29 is 4.79 Å². The first kappa shape index (κ1) is 14.4. The molecule has 3 aromatic rings. The number of carbonyl (C=O) groups excluding carboxylic acids is 1. The molecule has 5 nitrogen and oxygen atoms in total. The van der Waals surface area contributed by atoms with Crippen molar-refractivity contribution in [1.82, 2.24) is 14.7 Å². The summed E-state index contributed by atoms with van der Waals surface area (Å²) in [6.45, 7) is 1.89. The van der Waals surface area contributed by atoms with Gasteiger partial charge in [-0.25, -0.2) is 4.98 Å². The lowest BCUT2D eigenvalue weighted by Gasteiger charge is -2.09. The number of nitrogens with zero attached hydrogens (tertiary/aromatic N) is 3. The number of amides is 1. The molecule has 0 atom stereocenters. The zero-order valence-corrected chi connectivity index (χ0v) is 13.1. The van der Waals surface area contributed by atoms with Crippen LogP contribution in [0.15, 0.2) is 35.4 Å². The van der Waals surface area contributed by atoms with Crippen LogP contribution in [-0.4, -0.2) is 28.1 Å². The highest BCUT2D eigenvalue weighted by atomic mass is 32.2. The minimum Gasteiger partial charge on any atom is -0.358 e. The van der Waals surface area contributed by atoms with E-state index >= 15 is 0 Å². The zero-order chi connectivity index (χ0) is 15.7. The summed E-state index contributed by atoms with van der Waals surface area (Å²) in [6, 6.07) is 11.9. The Labute approximate surface area is 132 Å². The predicted molar refractivity (Wildman–Crippen MR) is 86.9 cm³/mol. The molecule has 0 bridgehead atoms. The Bertz CT molecular complexity index is 923. The number of thioether (sulfide) groups is 1. The number of carbonyl (C=O) groups is 1. The Kier molecular flexibility index (Phi) is 3.73. The molecule has 0 aliphatic rings. The van der Waals surface area contributed by atoms with Crippen LogP contribution < -0.4 is 5.32 Å². The Hall–Kier alpha value is -2.52. The van der Waals surface area contributed by atoms with Crippen LogP contribution in [0.1, 0.15) is 11.1 Å². The molecular formula is C16H14N4OS. The quantitative estimate of drug-likeness (QED) is 0.755. The van der Waals surface area contributed by atoms with E-state index in [-0.39, 0.29) is 5.91 Å². The number of aryl methyl sites for hydroxylation is 1. The molecule has 0 aliphatic heterocycles. The van der Waals surface area contributed by atoms with Crippen molar-refractivity contribution in [3.63, 3.8) is 0 Å². The van der Waals surface area contributed by atoms with E-state index < -0.39 is 0 Å². The third kappa shape index (κ3) is 2.30. The number of hydrogen-bond donors (Lipinski definition) is 1. The Morgan fingerprint density at radius 2 is 2.23 bits per heavy atom. The second-order valence-electron chi connectivity index (χ2n) is 4.87. The molecule has 110 valence electrons. The fraction of sp³-hybridized carbons (Fsp3) is 0.188. The summed E-state index contributed by atoms with van der Waals surface area (Å²) in [7, 11) is 1.62. The molecule has 2 heterocycles. The summed E-state index contributed by atoms with van der Waals surface area (Å²) in [5.41, 5.74) is 3.85. The molecular weight excluding hydrogens is 296 g/mol. The van der Waals surface area contributed by atoms with Crippen LogP contribution in [0.5, 0.6) is 0 Å². The molecule has 3 rings (SSSR count). The highest BCUT2D eigenvalue weighted by Gasteiger charge is 2.15. The largest absolute Gasteiger partial charge is 0.358 e. The highest BCUT2D eigenvalue weighted by Crippen LogP contribution is 2.29. The molecule has 0 radical (unpaired) electrons. The summed E-state index contributed by atoms with van der Waals surface area (Å²) >= 11 is 1.44. The maximum Gasteiger partial charge on any atom is 0.230 e. The van der Waals surface area contributed by atoms with Crippen molar-refractivity contribution in [2.75, 3.05) is 12.8 Å². The van der Waals surface area contributed by atoms with E-state index in [2.05, 4.69) is 16.4 Å². The van der Waals surface area contributed by atoms with E-state index in [1.807, 2.05) is 41.7 Å². The average molecular weight is 310 g/mol. The number of imidazole rings is 1. The number of rotatable bonds is 3. The predicted octanol–water partition coefficient (Wildman–Crippen LogP) is 2.51. The number of pyridine rings is 1. The van der Waals surface area contributed by atoms with Gasteiger partial charge in [-0.05, 0) is 30.7 Å². The van der Waals surface area contributed by atoms with Gasteiger partial charge in [0.05, 0.1) is 27.4 Å². The van der Waals surface area contributed by atoms with Gasteiger partial charge in [-0.1, -0.05) is 23.9 Å². The molecule has 1 N–H and O–H groups in total. The van der Waals surface area contributed by atoms with Crippen LogP contribution in [-0.2, 0) is 4.79 Å². The van der Waals surface area contributed by atoms with Gasteiger partial charge in [-0.15, -0.1) is 0 Å². The van der Waals surface area contributed by atoms with Crippen LogP contribution in [0.3, 0.4) is 0 Å². The molecule has 22 heavy (non-hydrogen) atoms. The third-order valence-corrected chi connectivity index (χ3v) is 4.48. The minimum absolute atomic E-state index is 0.0374. The molecule has 1 aromatic carbocycles. The standard InChI is InChI=1S/C16H14N4OS/c1-10-7-15(22-9-14(21)18-2)20-13-6-4-3-5-12(13)19-16(20)11(10)8-17/h3-7H,9H2,1-2H3,(H,18,21). The van der Waals surface area contributed by atoms with Gasteiger partial charge in [0.15, 0.2) is 5.65 Å². The molecule has 1 amide bonds. The highest BCUT2D eigenvalue weighted by molar-refractivity contribution is 7.99. The van der Waals surface area contributed by atoms with Gasteiger partial charge in [0.1, 0.15) is 6.07 Å². The number of hydrogen-bond acceptors (Lipinski definition) is 4. The van der Waals surface area contributed by atoms with Gasteiger partial charge in [0.2, 0.25) is 5.91 Å². The van der Waals surface area contributed by atoms with E-state index in [4.69, 9.17) is 0 Å². The van der Waals surface area contributed by atoms with E-state index in [0.717, 1.165) is 21.6 Å². The first-order valence-electron chi connectivity index (χ1n) is 6.80. The molecule has 2 aromatic heterocycles. The lowest BCUT2D eigenvalue weighted by molar-refractivity contribution is -0.118. The fourth-order valence-electron chi connectivity index (χ4n) is 2.37. The summed E-state index contributed by atoms with van der Waals surface area (Å²) in [5.74, 6) is 0.285. The molecule has 0 aliphatic carbocycles. The Balaban J connectivity index is 2.27. The molecule has 0 unspecified atom stereocenters. The van der Waals surface area contributed by atoms with E-state index in [0.29, 0.717) is 17.0 Å². The molecule has 0 fully saturated rings. The monoisotopic (exact) mass is 310 g/mol. The van der Waals surface area contributed by atoms with Crippen LogP contribution in [0.4, 0.5) is 0 Å². The number of nitriles is 1. The number of para-hydroxylation sites is 2. The zero-order valence-electron chi connectivity index (χ0n) is 12.3. The lowest BCUT2D eigenvalue weighted by Crippen LogP contribution is -2.19. The second-order valence-corrected chi connectivity index (χ2v) is 5.87. The average Bonchev–Trinajstić information content (AvgIpc) is 2.91. The maximum atomic E-state index is 11.5. The van der Waals surface area contributed by atoms with E-state index in [9.17, 15) is 10.1 Å². The number of nitrogens with one attached hydrogen (secondary N) is 1. The van der Waals surface area contributed by atoms with Crippen molar-refractivity contribution in [2.45, 2.75) is 11.9 Å². The van der Waals surface area contributed by atoms with Crippen molar-refractivity contribution in [3.05, 3.63) is 41.5 Å². The topological polar surface area (TPSA) is 70.2 Å². The molecule has 6 heteroatoms. The normalized spacial score (nSPS) is 10.8. The number of aromatic nitrogens is 2. The fourth-order valence-corrected chi connectivity index (χ4v) is 3.37. The summed E-state index contributed by atoms with van der Waals surface area (Å²) in [5, 5.41) is 12.9. The first-order valence-corrected chi connectivity index (χ1v) is 7.78. The van der Waals surface area contributed by atoms with Crippen molar-refractivity contribution >= 4 is 34.3 Å². The first-order chi connectivity index (χ1) is 10.7. The van der Waals surface area contributed by atoms with Crippen LogP contribution in [0.2, 0.25) is 0 Å². The second kappa shape index (κ2) is 5.70. The van der Waals surface area contributed by atoms with Crippen LogP contribution in [0.25, 0.3) is 16.7 Å². The van der Waals surface area contributed by atoms with E-state index in [1.54, 1.807) is 7.05 Å². The minimum atomic E-state index is -0.0374. The van der Waals surface area contributed by atoms with Crippen LogP contribution >= 0.6 is 11.8 Å². The molecule has 0 spiro atoms. The van der Waals surface area contributed by atoms with E-state index in [1.165, 1.54) is 11.8 Å². The molecule has 0 saturated heterocycles. The van der Waals surface area contributed by atoms with Crippen LogP contribution in [0, 0.1) is 18.3 Å². The molecule has 0 saturated carbocycles. The SMILES string of the molecule is CNC(=O)CSc1cc(C)c(C#N)c2nc3ccccc3n12. The summed E-state index contributed by atoms with van der Waals surface area (Å²) in [4.78, 5) is 16.1. The lowest BCUT2D eigenvalue weighted by atomic mass is 10.2. The maximum absolute atomic E-state index is 11.5. The van der Waals surface area contributed by atoms with Crippen molar-refractivity contribution in [1.29, 1.82) is 5.26 Å². The summed E-state index contributed by atoms with van der Waals surface area (Å²) < 4.78 is 1.95. The van der Waals surface area contributed by atoms with Gasteiger partial charge < -0.3 is 5.32 Å². The summed E-state index contributed by atoms with van der Waals surface area (Å²) in [6.07, 6.45) is 0. The smallest absolute Gasteiger partial charge is 0.230 e. The van der Waals surface area contributed by atoms with Gasteiger partial charge in [-0.3, -0.25) is 9.20 Å². The third-order valence-electron chi connectivity index (χ3n) is 3.48. The van der Waals surface area contributed by atoms with Crippen molar-refractivity contribution in [3.8, 4) is 6.07 Å². The number of benzene rings is 1. The van der Waals surface area contributed by atoms with Gasteiger partial charge in [0, 0.05) is 7.05 Å².